The Kier molecular flexibility index (Phi) is 7.46. The molecule has 1 aliphatic heterocycles. The van der Waals surface area contributed by atoms with Gasteiger partial charge >= 0.3 is 6.09 Å². The highest BCUT2D eigenvalue weighted by molar-refractivity contribution is 5.97. The third-order valence-electron chi connectivity index (χ3n) is 6.36. The van der Waals surface area contributed by atoms with E-state index in [4.69, 9.17) is 4.74 Å². The first-order valence-corrected chi connectivity index (χ1v) is 10.7. The van der Waals surface area contributed by atoms with Gasteiger partial charge in [-0.1, -0.05) is 25.7 Å². The third kappa shape index (κ3) is 5.68. The van der Waals surface area contributed by atoms with Crippen LogP contribution in [0, 0.1) is 11.8 Å². The number of hydrogen-bond acceptors (Lipinski definition) is 6. The zero-order valence-corrected chi connectivity index (χ0v) is 16.8. The summed E-state index contributed by atoms with van der Waals surface area (Å²) in [5, 5.41) is 12.4. The van der Waals surface area contributed by atoms with Crippen LogP contribution < -0.4 is 5.32 Å². The third-order valence-corrected chi connectivity index (χ3v) is 6.36. The van der Waals surface area contributed by atoms with Crippen molar-refractivity contribution in [2.45, 2.75) is 76.4 Å². The van der Waals surface area contributed by atoms with E-state index in [-0.39, 0.29) is 18.6 Å². The fraction of sp³-hybridized carbons (Fsp3) is 0.800. The number of ether oxygens (including phenoxy) is 1. The Balaban J connectivity index is 1.60. The van der Waals surface area contributed by atoms with Crippen molar-refractivity contribution in [2.24, 2.45) is 11.8 Å². The molecule has 0 spiro atoms. The van der Waals surface area contributed by atoms with Gasteiger partial charge in [0.25, 0.3) is 5.91 Å². The van der Waals surface area contributed by atoms with Crippen molar-refractivity contribution >= 4 is 24.3 Å². The largest absolute Gasteiger partial charge is 0.446 e. The van der Waals surface area contributed by atoms with Crippen molar-refractivity contribution in [2.75, 3.05) is 13.1 Å². The Hall–Kier alpha value is -2.16. The van der Waals surface area contributed by atoms with Crippen molar-refractivity contribution in [3.05, 3.63) is 0 Å². The first-order chi connectivity index (χ1) is 14.0. The molecule has 3 aliphatic rings. The predicted molar refractivity (Wildman–Crippen MR) is 102 cm³/mol. The number of hydroxylamine groups is 2. The number of carbonyl (C=O) groups is 4. The molecule has 3 rings (SSSR count). The second-order valence-electron chi connectivity index (χ2n) is 8.45. The van der Waals surface area contributed by atoms with Gasteiger partial charge in [-0.05, 0) is 44.4 Å². The van der Waals surface area contributed by atoms with E-state index >= 15 is 0 Å². The summed E-state index contributed by atoms with van der Waals surface area (Å²) in [5.41, 5.74) is 0. The number of hydrogen-bond donors (Lipinski definition) is 2. The number of nitrogens with one attached hydrogen (secondary N) is 1. The van der Waals surface area contributed by atoms with Crippen LogP contribution in [0.2, 0.25) is 0 Å². The second-order valence-corrected chi connectivity index (χ2v) is 8.45. The molecule has 162 valence electrons. The number of amides is 4. The number of imide groups is 1. The van der Waals surface area contributed by atoms with Gasteiger partial charge in [-0.15, -0.1) is 0 Å². The van der Waals surface area contributed by atoms with Crippen LogP contribution in [0.5, 0.6) is 0 Å². The Labute approximate surface area is 170 Å². The van der Waals surface area contributed by atoms with Gasteiger partial charge < -0.3 is 9.64 Å². The Bertz CT molecular complexity index is 617. The number of nitrogens with zero attached hydrogens (tertiary/aromatic N) is 2. The minimum Gasteiger partial charge on any atom is -0.446 e. The van der Waals surface area contributed by atoms with Crippen molar-refractivity contribution in [1.29, 1.82) is 0 Å². The first-order valence-electron chi connectivity index (χ1n) is 10.7. The Morgan fingerprint density at radius 2 is 1.83 bits per heavy atom. The molecular formula is C20H31N3O6. The number of likely N-dealkylation sites (tertiary alicyclic amines) is 1. The summed E-state index contributed by atoms with van der Waals surface area (Å²) in [4.78, 5) is 50.0. The van der Waals surface area contributed by atoms with E-state index in [2.05, 4.69) is 5.32 Å². The smallest absolute Gasteiger partial charge is 0.414 e. The number of carbonyl (C=O) groups excluding carboxylic acids is 4. The molecule has 2 aliphatic carbocycles. The molecule has 0 bridgehead atoms. The molecule has 0 aromatic carbocycles. The van der Waals surface area contributed by atoms with Crippen LogP contribution in [0.4, 0.5) is 4.79 Å². The molecule has 1 heterocycles. The van der Waals surface area contributed by atoms with Gasteiger partial charge in [0.1, 0.15) is 12.1 Å². The van der Waals surface area contributed by atoms with Crippen molar-refractivity contribution in [1.82, 2.24) is 15.3 Å². The summed E-state index contributed by atoms with van der Waals surface area (Å²) in [7, 11) is 0. The standard InChI is InChI=1S/C20H31N3O6/c24-13-22(28)12-15(11-14-5-1-2-6-14)19(26)23-10-4-9-17(23)18(25)21-20(27)29-16-7-3-8-16/h13-17,28H,1-12H2,(H,21,25,27)/t15-,17+/m1/s1. The fourth-order valence-electron chi connectivity index (χ4n) is 4.56. The monoisotopic (exact) mass is 409 g/mol. The zero-order valence-electron chi connectivity index (χ0n) is 16.8. The quantitative estimate of drug-likeness (QED) is 0.359. The van der Waals surface area contributed by atoms with Crippen molar-refractivity contribution in [3.8, 4) is 0 Å². The molecule has 1 saturated heterocycles. The van der Waals surface area contributed by atoms with E-state index in [1.807, 2.05) is 0 Å². The highest BCUT2D eigenvalue weighted by Gasteiger charge is 2.39. The van der Waals surface area contributed by atoms with Crippen LogP contribution in [0.15, 0.2) is 0 Å². The van der Waals surface area contributed by atoms with E-state index in [1.54, 1.807) is 0 Å². The summed E-state index contributed by atoms with van der Waals surface area (Å²) in [6.07, 6.45) is 8.08. The summed E-state index contributed by atoms with van der Waals surface area (Å²) < 4.78 is 5.16. The number of rotatable bonds is 8. The molecule has 0 aromatic heterocycles. The lowest BCUT2D eigenvalue weighted by molar-refractivity contribution is -0.158. The second kappa shape index (κ2) is 10.0. The van der Waals surface area contributed by atoms with Gasteiger partial charge in [0.2, 0.25) is 12.3 Å². The lowest BCUT2D eigenvalue weighted by Gasteiger charge is -2.30. The summed E-state index contributed by atoms with van der Waals surface area (Å²) in [6, 6.07) is -0.731. The SMILES string of the molecule is O=CN(O)C[C@@H](CC1CCCC1)C(=O)N1CCC[C@H]1C(=O)NC(=O)OC1CCC1. The van der Waals surface area contributed by atoms with Crippen molar-refractivity contribution in [3.63, 3.8) is 0 Å². The fourth-order valence-corrected chi connectivity index (χ4v) is 4.56. The van der Waals surface area contributed by atoms with Gasteiger partial charge in [0.05, 0.1) is 12.5 Å². The van der Waals surface area contributed by atoms with E-state index in [0.29, 0.717) is 43.2 Å². The van der Waals surface area contributed by atoms with Crippen LogP contribution in [0.3, 0.4) is 0 Å². The molecule has 2 N–H and O–H groups in total. The van der Waals surface area contributed by atoms with Crippen LogP contribution in [0.25, 0.3) is 0 Å². The van der Waals surface area contributed by atoms with E-state index in [1.165, 1.54) is 4.90 Å². The van der Waals surface area contributed by atoms with Gasteiger partial charge in [-0.25, -0.2) is 9.86 Å². The van der Waals surface area contributed by atoms with Gasteiger partial charge in [-0.3, -0.25) is 24.9 Å². The van der Waals surface area contributed by atoms with Crippen LogP contribution >= 0.6 is 0 Å². The van der Waals surface area contributed by atoms with E-state index in [9.17, 15) is 24.4 Å². The lowest BCUT2D eigenvalue weighted by Crippen LogP contribution is -2.51. The summed E-state index contributed by atoms with van der Waals surface area (Å²) >= 11 is 0. The number of alkyl carbamates (subject to hydrolysis) is 1. The first kappa shape index (κ1) is 21.5. The average Bonchev–Trinajstić information content (AvgIpc) is 3.35. The maximum Gasteiger partial charge on any atom is 0.414 e. The molecule has 0 radical (unpaired) electrons. The topological polar surface area (TPSA) is 116 Å². The van der Waals surface area contributed by atoms with Gasteiger partial charge in [0, 0.05) is 6.54 Å². The highest BCUT2D eigenvalue weighted by atomic mass is 16.6. The van der Waals surface area contributed by atoms with Gasteiger partial charge in [0.15, 0.2) is 0 Å². The molecule has 0 aromatic rings. The molecule has 9 heteroatoms. The highest BCUT2D eigenvalue weighted by Crippen LogP contribution is 2.32. The molecule has 9 nitrogen and oxygen atoms in total. The zero-order chi connectivity index (χ0) is 20.8. The molecule has 2 atom stereocenters. The molecule has 29 heavy (non-hydrogen) atoms. The summed E-state index contributed by atoms with van der Waals surface area (Å²) in [5.74, 6) is -0.959. The minimum atomic E-state index is -0.760. The Morgan fingerprint density at radius 1 is 1.10 bits per heavy atom. The van der Waals surface area contributed by atoms with Crippen LogP contribution in [0.1, 0.15) is 64.2 Å². The maximum absolute atomic E-state index is 13.2. The Morgan fingerprint density at radius 3 is 2.45 bits per heavy atom. The maximum atomic E-state index is 13.2. The molecular weight excluding hydrogens is 378 g/mol. The van der Waals surface area contributed by atoms with Gasteiger partial charge in [-0.2, -0.15) is 0 Å². The molecule has 2 saturated carbocycles. The van der Waals surface area contributed by atoms with E-state index < -0.39 is 24.0 Å². The van der Waals surface area contributed by atoms with Crippen LogP contribution in [-0.2, 0) is 19.1 Å². The minimum absolute atomic E-state index is 0.0899. The van der Waals surface area contributed by atoms with E-state index in [0.717, 1.165) is 44.9 Å². The molecule has 0 unspecified atom stereocenters. The van der Waals surface area contributed by atoms with Crippen LogP contribution in [-0.4, -0.2) is 64.7 Å². The normalized spacial score (nSPS) is 23.3. The summed E-state index contributed by atoms with van der Waals surface area (Å²) in [6.45, 7) is 0.329. The average molecular weight is 409 g/mol. The lowest BCUT2D eigenvalue weighted by atomic mass is 9.91. The predicted octanol–water partition coefficient (Wildman–Crippen LogP) is 1.83. The van der Waals surface area contributed by atoms with Crippen molar-refractivity contribution < 1.29 is 29.1 Å². The molecule has 4 amide bonds. The molecule has 3 fully saturated rings.